The quantitative estimate of drug-likeness (QED) is 0.820. The summed E-state index contributed by atoms with van der Waals surface area (Å²) >= 11 is 0. The first-order valence-corrected chi connectivity index (χ1v) is 5.16. The number of ether oxygens (including phenoxy) is 1. The number of carbonyl (C=O) groups excluding carboxylic acids is 2. The van der Waals surface area contributed by atoms with Gasteiger partial charge in [-0.2, -0.15) is 0 Å². The monoisotopic (exact) mass is 219 g/mol. The van der Waals surface area contributed by atoms with Gasteiger partial charge < -0.3 is 10.1 Å². The highest BCUT2D eigenvalue weighted by Gasteiger charge is 2.23. The number of carbonyl (C=O) groups is 2. The fraction of sp³-hybridized carbons (Fsp3) is 0.333. The maximum absolute atomic E-state index is 11.4. The van der Waals surface area contributed by atoms with Crippen LogP contribution in [0, 0.1) is 0 Å². The molecule has 1 N–H and O–H groups in total. The third-order valence-electron chi connectivity index (χ3n) is 2.43. The number of nitrogens with one attached hydrogen (secondary N) is 1. The van der Waals surface area contributed by atoms with Crippen molar-refractivity contribution in [2.75, 3.05) is 5.32 Å². The van der Waals surface area contributed by atoms with Crippen molar-refractivity contribution in [1.29, 1.82) is 0 Å². The Kier molecular flexibility index (Phi) is 2.64. The van der Waals surface area contributed by atoms with Gasteiger partial charge in [-0.25, -0.2) is 0 Å². The van der Waals surface area contributed by atoms with Crippen LogP contribution in [-0.2, 0) is 16.0 Å². The maximum atomic E-state index is 11.4. The van der Waals surface area contributed by atoms with Gasteiger partial charge in [-0.15, -0.1) is 0 Å². The van der Waals surface area contributed by atoms with Crippen LogP contribution in [0.25, 0.3) is 0 Å². The highest BCUT2D eigenvalue weighted by atomic mass is 16.5. The van der Waals surface area contributed by atoms with Crippen LogP contribution in [-0.4, -0.2) is 17.8 Å². The predicted octanol–water partition coefficient (Wildman–Crippen LogP) is 1.54. The van der Waals surface area contributed by atoms with E-state index in [0.717, 1.165) is 5.56 Å². The standard InChI is InChI=1S/C12H13NO3/c1-7(14)5-9-3-4-11-10(6-9)13-12(15)8(2)16-11/h3-4,6,8H,5H2,1-2H3,(H,13,15). The highest BCUT2D eigenvalue weighted by molar-refractivity contribution is 5.97. The van der Waals surface area contributed by atoms with Crippen molar-refractivity contribution in [3.05, 3.63) is 23.8 Å². The lowest BCUT2D eigenvalue weighted by molar-refractivity contribution is -0.122. The molecule has 0 bridgehead atoms. The maximum Gasteiger partial charge on any atom is 0.265 e. The van der Waals surface area contributed by atoms with E-state index in [1.165, 1.54) is 6.92 Å². The molecule has 84 valence electrons. The van der Waals surface area contributed by atoms with Gasteiger partial charge in [0.25, 0.3) is 5.91 Å². The molecule has 1 heterocycles. The number of benzene rings is 1. The van der Waals surface area contributed by atoms with E-state index in [-0.39, 0.29) is 11.7 Å². The molecule has 1 unspecified atom stereocenters. The van der Waals surface area contributed by atoms with Gasteiger partial charge in [0.05, 0.1) is 5.69 Å². The number of ketones is 1. The number of hydrogen-bond donors (Lipinski definition) is 1. The smallest absolute Gasteiger partial charge is 0.265 e. The van der Waals surface area contributed by atoms with Crippen molar-refractivity contribution < 1.29 is 14.3 Å². The Morgan fingerprint density at radius 1 is 1.50 bits per heavy atom. The van der Waals surface area contributed by atoms with E-state index in [9.17, 15) is 9.59 Å². The van der Waals surface area contributed by atoms with Crippen molar-refractivity contribution in [2.45, 2.75) is 26.4 Å². The molecule has 0 saturated heterocycles. The lowest BCUT2D eigenvalue weighted by Gasteiger charge is -2.23. The van der Waals surface area contributed by atoms with Crippen LogP contribution in [0.15, 0.2) is 18.2 Å². The number of anilines is 1. The third-order valence-corrected chi connectivity index (χ3v) is 2.43. The number of Topliss-reactive ketones (excluding diaryl/α,β-unsaturated/α-hetero) is 1. The predicted molar refractivity (Wildman–Crippen MR) is 59.5 cm³/mol. The summed E-state index contributed by atoms with van der Waals surface area (Å²) < 4.78 is 5.41. The molecule has 2 rings (SSSR count). The van der Waals surface area contributed by atoms with E-state index in [4.69, 9.17) is 4.74 Å². The van der Waals surface area contributed by atoms with Crippen molar-refractivity contribution >= 4 is 17.4 Å². The van der Waals surface area contributed by atoms with Crippen LogP contribution in [0.1, 0.15) is 19.4 Å². The molecule has 1 amide bonds. The molecule has 0 aromatic heterocycles. The van der Waals surface area contributed by atoms with E-state index in [1.807, 2.05) is 6.07 Å². The Morgan fingerprint density at radius 2 is 2.25 bits per heavy atom. The number of hydrogen-bond acceptors (Lipinski definition) is 3. The van der Waals surface area contributed by atoms with Crippen LogP contribution < -0.4 is 10.1 Å². The van der Waals surface area contributed by atoms with Gasteiger partial charge in [0.2, 0.25) is 0 Å². The first-order valence-electron chi connectivity index (χ1n) is 5.16. The highest BCUT2D eigenvalue weighted by Crippen LogP contribution is 2.30. The Bertz CT molecular complexity index is 454. The fourth-order valence-corrected chi connectivity index (χ4v) is 1.65. The van der Waals surface area contributed by atoms with E-state index in [2.05, 4.69) is 5.32 Å². The zero-order valence-corrected chi connectivity index (χ0v) is 9.24. The summed E-state index contributed by atoms with van der Waals surface area (Å²) in [4.78, 5) is 22.4. The molecule has 1 aliphatic rings. The van der Waals surface area contributed by atoms with Crippen LogP contribution in [0.5, 0.6) is 5.75 Å². The fourth-order valence-electron chi connectivity index (χ4n) is 1.65. The molecule has 16 heavy (non-hydrogen) atoms. The summed E-state index contributed by atoms with van der Waals surface area (Å²) in [6, 6.07) is 5.40. The molecule has 0 radical (unpaired) electrons. The van der Waals surface area contributed by atoms with Gasteiger partial charge in [0, 0.05) is 6.42 Å². The lowest BCUT2D eigenvalue weighted by Crippen LogP contribution is -2.34. The zero-order valence-electron chi connectivity index (χ0n) is 9.24. The molecule has 0 spiro atoms. The molecular formula is C12H13NO3. The largest absolute Gasteiger partial charge is 0.479 e. The summed E-state index contributed by atoms with van der Waals surface area (Å²) in [5.41, 5.74) is 1.52. The van der Waals surface area contributed by atoms with E-state index >= 15 is 0 Å². The lowest BCUT2D eigenvalue weighted by atomic mass is 10.1. The van der Waals surface area contributed by atoms with Gasteiger partial charge in [-0.1, -0.05) is 6.07 Å². The van der Waals surface area contributed by atoms with Gasteiger partial charge >= 0.3 is 0 Å². The number of amides is 1. The summed E-state index contributed by atoms with van der Waals surface area (Å²) in [6.45, 7) is 3.23. The van der Waals surface area contributed by atoms with E-state index in [1.54, 1.807) is 19.1 Å². The molecule has 0 aliphatic carbocycles. The molecule has 1 aliphatic heterocycles. The van der Waals surface area contributed by atoms with Crippen molar-refractivity contribution in [3.63, 3.8) is 0 Å². The van der Waals surface area contributed by atoms with Crippen molar-refractivity contribution in [3.8, 4) is 5.75 Å². The van der Waals surface area contributed by atoms with Crippen LogP contribution in [0.3, 0.4) is 0 Å². The third kappa shape index (κ3) is 2.05. The average Bonchev–Trinajstić information content (AvgIpc) is 2.19. The molecule has 1 aromatic carbocycles. The Balaban J connectivity index is 2.29. The van der Waals surface area contributed by atoms with Crippen LogP contribution in [0.2, 0.25) is 0 Å². The second-order valence-corrected chi connectivity index (χ2v) is 3.96. The first-order chi connectivity index (χ1) is 7.56. The van der Waals surface area contributed by atoms with Crippen LogP contribution in [0.4, 0.5) is 5.69 Å². The topological polar surface area (TPSA) is 55.4 Å². The van der Waals surface area contributed by atoms with Crippen molar-refractivity contribution in [2.24, 2.45) is 0 Å². The van der Waals surface area contributed by atoms with Crippen molar-refractivity contribution in [1.82, 2.24) is 0 Å². The second-order valence-electron chi connectivity index (χ2n) is 3.96. The summed E-state index contributed by atoms with van der Waals surface area (Å²) in [5.74, 6) is 0.586. The summed E-state index contributed by atoms with van der Waals surface area (Å²) in [6.07, 6.45) is -0.0928. The second kappa shape index (κ2) is 3.96. The molecule has 1 atom stereocenters. The number of fused-ring (bicyclic) bond motifs is 1. The Morgan fingerprint density at radius 3 is 2.94 bits per heavy atom. The SMILES string of the molecule is CC(=O)Cc1ccc2c(c1)NC(=O)C(C)O2. The van der Waals surface area contributed by atoms with Gasteiger partial charge in [-0.3, -0.25) is 9.59 Å². The minimum Gasteiger partial charge on any atom is -0.479 e. The summed E-state index contributed by atoms with van der Waals surface area (Å²) in [5, 5.41) is 2.75. The minimum atomic E-state index is -0.467. The summed E-state index contributed by atoms with van der Waals surface area (Å²) in [7, 11) is 0. The average molecular weight is 219 g/mol. The Labute approximate surface area is 93.6 Å². The van der Waals surface area contributed by atoms with E-state index in [0.29, 0.717) is 17.9 Å². The van der Waals surface area contributed by atoms with Gasteiger partial charge in [0.1, 0.15) is 11.5 Å². The Hall–Kier alpha value is -1.84. The van der Waals surface area contributed by atoms with Crippen LogP contribution >= 0.6 is 0 Å². The molecule has 4 nitrogen and oxygen atoms in total. The molecule has 0 saturated carbocycles. The normalized spacial score (nSPS) is 18.4. The van der Waals surface area contributed by atoms with Gasteiger partial charge in [-0.05, 0) is 31.5 Å². The minimum absolute atomic E-state index is 0.0939. The van der Waals surface area contributed by atoms with E-state index < -0.39 is 6.10 Å². The first kappa shape index (κ1) is 10.7. The molecule has 0 fully saturated rings. The van der Waals surface area contributed by atoms with Gasteiger partial charge in [0.15, 0.2) is 6.10 Å². The molecule has 4 heteroatoms. The molecular weight excluding hydrogens is 206 g/mol. The zero-order chi connectivity index (χ0) is 11.7. The number of rotatable bonds is 2. The molecule has 1 aromatic rings.